The number of hydrogen-bond donors (Lipinski definition) is 3. The highest BCUT2D eigenvalue weighted by molar-refractivity contribution is 7.91. The summed E-state index contributed by atoms with van der Waals surface area (Å²) in [5.74, 6) is 1.38. The number of anilines is 5. The Balaban J connectivity index is 1.36. The lowest BCUT2D eigenvalue weighted by atomic mass is 10.2. The van der Waals surface area contributed by atoms with Crippen LogP contribution >= 0.6 is 0 Å². The molecule has 4 aromatic carbocycles. The summed E-state index contributed by atoms with van der Waals surface area (Å²) in [5, 5.41) is 17.2. The number of benzene rings is 4. The Morgan fingerprint density at radius 1 is 0.878 bits per heavy atom. The number of aliphatic hydroxyl groups excluding tert-OH is 1. The number of rotatable bonds is 8. The second kappa shape index (κ2) is 11.1. The number of para-hydroxylation sites is 2. The van der Waals surface area contributed by atoms with Crippen LogP contribution in [-0.4, -0.2) is 49.8 Å². The van der Waals surface area contributed by atoms with E-state index in [1.165, 1.54) is 0 Å². The highest BCUT2D eigenvalue weighted by Gasteiger charge is 2.23. The Morgan fingerprint density at radius 3 is 2.41 bits per heavy atom. The topological polar surface area (TPSA) is 117 Å². The summed E-state index contributed by atoms with van der Waals surface area (Å²) < 4.78 is 32.7. The Hall–Kier alpha value is -4.67. The molecule has 10 heteroatoms. The van der Waals surface area contributed by atoms with Gasteiger partial charge in [-0.3, -0.25) is 0 Å². The number of sulfone groups is 1. The van der Waals surface area contributed by atoms with Crippen molar-refractivity contribution >= 4 is 49.6 Å². The van der Waals surface area contributed by atoms with Gasteiger partial charge in [-0.2, -0.15) is 4.98 Å². The summed E-state index contributed by atoms with van der Waals surface area (Å²) in [4.78, 5) is 11.9. The van der Waals surface area contributed by atoms with Gasteiger partial charge in [0.05, 0.1) is 39.9 Å². The summed E-state index contributed by atoms with van der Waals surface area (Å²) >= 11 is 0. The van der Waals surface area contributed by atoms with Crippen LogP contribution in [0.5, 0.6) is 5.75 Å². The largest absolute Gasteiger partial charge is 0.494 e. The standard InChI is InChI=1S/C31H29N5O4S/c1-40-28-19-21(36-18-17-22(37)20-36)15-16-26(28)34-31-33-25-12-6-5-11-24(25)30(35-31)32-27-13-7-8-14-29(27)41(38,39)23-9-3-2-4-10-23/h2-16,19,22,37H,17-18,20H2,1H3,(H2,32,33,34,35). The molecule has 1 atom stereocenters. The normalized spacial score (nSPS) is 15.2. The smallest absolute Gasteiger partial charge is 0.229 e. The van der Waals surface area contributed by atoms with Crippen LogP contribution in [0.1, 0.15) is 6.42 Å². The molecule has 41 heavy (non-hydrogen) atoms. The van der Waals surface area contributed by atoms with Crippen molar-refractivity contribution in [3.63, 3.8) is 0 Å². The molecule has 1 saturated heterocycles. The molecule has 1 aromatic heterocycles. The molecule has 2 heterocycles. The number of aliphatic hydroxyl groups is 1. The molecule has 0 amide bonds. The van der Waals surface area contributed by atoms with E-state index in [-0.39, 0.29) is 15.9 Å². The third kappa shape index (κ3) is 5.39. The zero-order chi connectivity index (χ0) is 28.4. The molecule has 1 fully saturated rings. The number of nitrogens with one attached hydrogen (secondary N) is 2. The number of fused-ring (bicyclic) bond motifs is 1. The van der Waals surface area contributed by atoms with Crippen molar-refractivity contribution in [3.8, 4) is 5.75 Å². The molecule has 1 aliphatic heterocycles. The minimum atomic E-state index is -3.78. The van der Waals surface area contributed by atoms with Gasteiger partial charge in [0.15, 0.2) is 0 Å². The number of methoxy groups -OCH3 is 1. The maximum Gasteiger partial charge on any atom is 0.229 e. The first-order chi connectivity index (χ1) is 19.9. The molecule has 0 bridgehead atoms. The van der Waals surface area contributed by atoms with E-state index in [0.717, 1.165) is 24.0 Å². The van der Waals surface area contributed by atoms with Gasteiger partial charge in [-0.15, -0.1) is 0 Å². The summed E-state index contributed by atoms with van der Waals surface area (Å²) in [5.41, 5.74) is 2.71. The zero-order valence-corrected chi connectivity index (χ0v) is 23.2. The maximum absolute atomic E-state index is 13.5. The van der Waals surface area contributed by atoms with Gasteiger partial charge in [-0.05, 0) is 55.0 Å². The molecule has 1 aliphatic rings. The monoisotopic (exact) mass is 567 g/mol. The first-order valence-corrected chi connectivity index (χ1v) is 14.7. The van der Waals surface area contributed by atoms with Gasteiger partial charge in [0.25, 0.3) is 0 Å². The second-order valence-corrected chi connectivity index (χ2v) is 11.7. The lowest BCUT2D eigenvalue weighted by molar-refractivity contribution is 0.198. The molecule has 9 nitrogen and oxygen atoms in total. The van der Waals surface area contributed by atoms with Gasteiger partial charge >= 0.3 is 0 Å². The van der Waals surface area contributed by atoms with Crippen LogP contribution in [0.15, 0.2) is 107 Å². The minimum Gasteiger partial charge on any atom is -0.494 e. The second-order valence-electron chi connectivity index (χ2n) is 9.75. The first kappa shape index (κ1) is 26.5. The van der Waals surface area contributed by atoms with Crippen LogP contribution < -0.4 is 20.3 Å². The van der Waals surface area contributed by atoms with Crippen molar-refractivity contribution in [2.24, 2.45) is 0 Å². The predicted molar refractivity (Wildman–Crippen MR) is 160 cm³/mol. The van der Waals surface area contributed by atoms with Crippen molar-refractivity contribution in [2.45, 2.75) is 22.3 Å². The van der Waals surface area contributed by atoms with Crippen LogP contribution in [0.25, 0.3) is 10.9 Å². The Morgan fingerprint density at radius 2 is 1.63 bits per heavy atom. The van der Waals surface area contributed by atoms with Crippen molar-refractivity contribution in [2.75, 3.05) is 35.7 Å². The minimum absolute atomic E-state index is 0.146. The van der Waals surface area contributed by atoms with Crippen LogP contribution in [0, 0.1) is 0 Å². The van der Waals surface area contributed by atoms with Crippen LogP contribution in [0.3, 0.4) is 0 Å². The molecule has 208 valence electrons. The van der Waals surface area contributed by atoms with Gasteiger partial charge in [-0.1, -0.05) is 42.5 Å². The van der Waals surface area contributed by atoms with E-state index < -0.39 is 9.84 Å². The summed E-state index contributed by atoms with van der Waals surface area (Å²) in [6.45, 7) is 1.36. The average molecular weight is 568 g/mol. The van der Waals surface area contributed by atoms with Crippen LogP contribution in [0.2, 0.25) is 0 Å². The zero-order valence-electron chi connectivity index (χ0n) is 22.4. The highest BCUT2D eigenvalue weighted by atomic mass is 32.2. The molecular formula is C31H29N5O4S. The summed E-state index contributed by atoms with van der Waals surface area (Å²) in [6.07, 6.45) is 0.405. The summed E-state index contributed by atoms with van der Waals surface area (Å²) in [7, 11) is -2.18. The van der Waals surface area contributed by atoms with E-state index in [2.05, 4.69) is 15.5 Å². The molecule has 6 rings (SSSR count). The Bertz CT molecular complexity index is 1810. The lowest BCUT2D eigenvalue weighted by Crippen LogP contribution is -2.21. The molecule has 1 unspecified atom stereocenters. The first-order valence-electron chi connectivity index (χ1n) is 13.2. The van der Waals surface area contributed by atoms with E-state index >= 15 is 0 Å². The number of nitrogens with zero attached hydrogens (tertiary/aromatic N) is 3. The highest BCUT2D eigenvalue weighted by Crippen LogP contribution is 2.35. The van der Waals surface area contributed by atoms with Gasteiger partial charge in [0.2, 0.25) is 15.8 Å². The molecule has 3 N–H and O–H groups in total. The predicted octanol–water partition coefficient (Wildman–Crippen LogP) is 5.53. The molecule has 0 aliphatic carbocycles. The number of hydrogen-bond acceptors (Lipinski definition) is 9. The number of aromatic nitrogens is 2. The van der Waals surface area contributed by atoms with Crippen molar-refractivity contribution < 1.29 is 18.3 Å². The fraction of sp³-hybridized carbons (Fsp3) is 0.161. The lowest BCUT2D eigenvalue weighted by Gasteiger charge is -2.20. The molecular weight excluding hydrogens is 538 g/mol. The quantitative estimate of drug-likeness (QED) is 0.223. The summed E-state index contributed by atoms with van der Waals surface area (Å²) in [6, 6.07) is 28.4. The average Bonchev–Trinajstić information content (AvgIpc) is 3.44. The van der Waals surface area contributed by atoms with E-state index in [9.17, 15) is 13.5 Å². The Labute approximate surface area is 238 Å². The van der Waals surface area contributed by atoms with E-state index in [0.29, 0.717) is 41.0 Å². The van der Waals surface area contributed by atoms with Gasteiger partial charge < -0.3 is 25.4 Å². The fourth-order valence-corrected chi connectivity index (χ4v) is 6.40. The molecule has 0 radical (unpaired) electrons. The number of ether oxygens (including phenoxy) is 1. The number of β-amino-alcohol motifs (C(OH)–C–C–N with tert-alkyl or cyclic N) is 1. The van der Waals surface area contributed by atoms with Gasteiger partial charge in [-0.25, -0.2) is 13.4 Å². The SMILES string of the molecule is COc1cc(N2CCC(O)C2)ccc1Nc1nc(Nc2ccccc2S(=O)(=O)c2ccccc2)c2ccccc2n1. The van der Waals surface area contributed by atoms with Gasteiger partial charge in [0, 0.05) is 30.2 Å². The van der Waals surface area contributed by atoms with E-state index in [1.54, 1.807) is 61.7 Å². The molecule has 0 spiro atoms. The Kier molecular flexibility index (Phi) is 7.17. The van der Waals surface area contributed by atoms with E-state index in [4.69, 9.17) is 14.7 Å². The van der Waals surface area contributed by atoms with Crippen LogP contribution in [0.4, 0.5) is 28.8 Å². The fourth-order valence-electron chi connectivity index (χ4n) is 4.96. The third-order valence-corrected chi connectivity index (χ3v) is 8.87. The van der Waals surface area contributed by atoms with Crippen molar-refractivity contribution in [1.29, 1.82) is 0 Å². The van der Waals surface area contributed by atoms with Crippen LogP contribution in [-0.2, 0) is 9.84 Å². The molecule has 5 aromatic rings. The van der Waals surface area contributed by atoms with E-state index in [1.807, 2.05) is 42.5 Å². The molecule has 0 saturated carbocycles. The third-order valence-electron chi connectivity index (χ3n) is 7.05. The maximum atomic E-state index is 13.5. The van der Waals surface area contributed by atoms with Gasteiger partial charge in [0.1, 0.15) is 11.6 Å². The van der Waals surface area contributed by atoms with Crippen molar-refractivity contribution in [3.05, 3.63) is 97.1 Å². The van der Waals surface area contributed by atoms with Crippen molar-refractivity contribution in [1.82, 2.24) is 9.97 Å².